The molecule has 0 radical (unpaired) electrons. The zero-order chi connectivity index (χ0) is 27.6. The molecule has 2 atom stereocenters. The molecule has 40 heavy (non-hydrogen) atoms. The lowest BCUT2D eigenvalue weighted by Gasteiger charge is -2.39. The third-order valence-corrected chi connectivity index (χ3v) is 7.63. The van der Waals surface area contributed by atoms with Crippen molar-refractivity contribution in [1.82, 2.24) is 14.5 Å². The maximum absolute atomic E-state index is 14.3. The Morgan fingerprint density at radius 1 is 0.975 bits per heavy atom. The van der Waals surface area contributed by atoms with Gasteiger partial charge < -0.3 is 10.2 Å². The summed E-state index contributed by atoms with van der Waals surface area (Å²) in [5, 5.41) is 3.53. The van der Waals surface area contributed by atoms with Crippen LogP contribution in [0, 0.1) is 5.82 Å². The smallest absolute Gasteiger partial charge is 0.308 e. The highest BCUT2D eigenvalue weighted by molar-refractivity contribution is 5.95. The second-order valence-electron chi connectivity index (χ2n) is 10.1. The number of aromatic nitrogens is 2. The van der Waals surface area contributed by atoms with Crippen LogP contribution in [0.1, 0.15) is 43.2 Å². The second kappa shape index (κ2) is 10.8. The zero-order valence-corrected chi connectivity index (χ0v) is 22.1. The van der Waals surface area contributed by atoms with Crippen molar-refractivity contribution in [3.05, 3.63) is 131 Å². The highest BCUT2D eigenvalue weighted by Gasteiger charge is 2.36. The number of halogens is 1. The average Bonchev–Trinajstić information content (AvgIpc) is 2.99. The molecule has 1 aromatic heterocycles. The van der Waals surface area contributed by atoms with Crippen molar-refractivity contribution in [3.63, 3.8) is 0 Å². The monoisotopic (exact) mass is 532 g/mol. The van der Waals surface area contributed by atoms with Crippen LogP contribution in [0.4, 0.5) is 14.9 Å². The minimum Gasteiger partial charge on any atom is -0.308 e. The van der Waals surface area contributed by atoms with E-state index in [0.717, 1.165) is 16.7 Å². The molecule has 2 heterocycles. The predicted octanol–water partition coefficient (Wildman–Crippen LogP) is 7.33. The van der Waals surface area contributed by atoms with E-state index in [1.807, 2.05) is 91.9 Å². The summed E-state index contributed by atoms with van der Waals surface area (Å²) >= 11 is 0. The average molecular weight is 533 g/mol. The summed E-state index contributed by atoms with van der Waals surface area (Å²) in [6.07, 6.45) is 1.33. The number of para-hydroxylation sites is 1. The van der Waals surface area contributed by atoms with Gasteiger partial charge in [0.2, 0.25) is 0 Å². The van der Waals surface area contributed by atoms with Crippen LogP contribution in [0.3, 0.4) is 0 Å². The molecule has 0 saturated heterocycles. The van der Waals surface area contributed by atoms with Crippen molar-refractivity contribution in [3.8, 4) is 11.1 Å². The third-order valence-electron chi connectivity index (χ3n) is 7.63. The van der Waals surface area contributed by atoms with Crippen molar-refractivity contribution in [2.75, 3.05) is 5.32 Å². The van der Waals surface area contributed by atoms with Crippen LogP contribution in [0.25, 0.3) is 22.0 Å². The highest BCUT2D eigenvalue weighted by atomic mass is 19.1. The standard InChI is InChI=1S/C33H29FN4O2/c1-22(23-11-4-2-5-12-23)38(33(40)36-28-16-9-8-15-26(28)24-13-6-3-7-14-24)30-17-10-20-37-31(30)35-29-21-25(34)18-19-27(29)32(37)39/h2-9,11-16,18-19,21-22,30H,10,17,20H2,1H3,(H,36,40). The Morgan fingerprint density at radius 3 is 2.45 bits per heavy atom. The van der Waals surface area contributed by atoms with Crippen molar-refractivity contribution in [1.29, 1.82) is 0 Å². The van der Waals surface area contributed by atoms with Gasteiger partial charge in [0.1, 0.15) is 11.6 Å². The van der Waals surface area contributed by atoms with E-state index < -0.39 is 11.9 Å². The van der Waals surface area contributed by atoms with E-state index in [1.54, 1.807) is 9.47 Å². The summed E-state index contributed by atoms with van der Waals surface area (Å²) in [5.41, 5.74) is 3.62. The quantitative estimate of drug-likeness (QED) is 0.258. The summed E-state index contributed by atoms with van der Waals surface area (Å²) in [6, 6.07) is 30.3. The molecule has 0 bridgehead atoms. The molecular formula is C33H29FN4O2. The Labute approximate surface area is 231 Å². The Kier molecular flexibility index (Phi) is 6.86. The molecule has 6 nitrogen and oxygen atoms in total. The Bertz CT molecular complexity index is 1740. The first-order chi connectivity index (χ1) is 19.5. The number of anilines is 1. The van der Waals surface area contributed by atoms with E-state index in [1.165, 1.54) is 18.2 Å². The first kappa shape index (κ1) is 25.5. The van der Waals surface area contributed by atoms with Gasteiger partial charge in [0.25, 0.3) is 5.56 Å². The summed E-state index contributed by atoms with van der Waals surface area (Å²) in [6.45, 7) is 2.48. The van der Waals surface area contributed by atoms with Gasteiger partial charge in [0.05, 0.1) is 28.7 Å². The lowest BCUT2D eigenvalue weighted by Crippen LogP contribution is -2.44. The summed E-state index contributed by atoms with van der Waals surface area (Å²) in [7, 11) is 0. The van der Waals surface area contributed by atoms with Gasteiger partial charge in [-0.1, -0.05) is 78.9 Å². The third kappa shape index (κ3) is 4.75. The van der Waals surface area contributed by atoms with E-state index in [2.05, 4.69) is 5.32 Å². The number of fused-ring (bicyclic) bond motifs is 2. The molecule has 1 aliphatic heterocycles. The molecule has 2 amide bonds. The molecule has 2 unspecified atom stereocenters. The second-order valence-corrected chi connectivity index (χ2v) is 10.1. The molecule has 0 spiro atoms. The highest BCUT2D eigenvalue weighted by Crippen LogP contribution is 2.37. The Morgan fingerprint density at radius 2 is 1.68 bits per heavy atom. The summed E-state index contributed by atoms with van der Waals surface area (Å²) in [5.74, 6) is 0.0186. The molecule has 0 saturated carbocycles. The number of carbonyl (C=O) groups excluding carboxylic acids is 1. The lowest BCUT2D eigenvalue weighted by atomic mass is 9.99. The van der Waals surface area contributed by atoms with Crippen molar-refractivity contribution in [2.24, 2.45) is 0 Å². The fourth-order valence-corrected chi connectivity index (χ4v) is 5.64. The number of benzene rings is 4. The molecule has 0 fully saturated rings. The number of hydrogen-bond donors (Lipinski definition) is 1. The van der Waals surface area contributed by atoms with Gasteiger partial charge in [-0.05, 0) is 49.1 Å². The molecule has 4 aromatic carbocycles. The first-order valence-electron chi connectivity index (χ1n) is 13.5. The van der Waals surface area contributed by atoms with Crippen LogP contribution < -0.4 is 10.9 Å². The van der Waals surface area contributed by atoms with Crippen molar-refractivity contribution >= 4 is 22.6 Å². The minimum atomic E-state index is -0.492. The molecule has 7 heteroatoms. The van der Waals surface area contributed by atoms with Gasteiger partial charge >= 0.3 is 6.03 Å². The van der Waals surface area contributed by atoms with Gasteiger partial charge in [0.15, 0.2) is 0 Å². The SMILES string of the molecule is CC(c1ccccc1)N(C(=O)Nc1ccccc1-c1ccccc1)C1CCCn2c1nc1cc(F)ccc1c2=O. The number of urea groups is 1. The lowest BCUT2D eigenvalue weighted by molar-refractivity contribution is 0.140. The Balaban J connectivity index is 1.45. The molecule has 1 aliphatic rings. The zero-order valence-electron chi connectivity index (χ0n) is 22.1. The summed E-state index contributed by atoms with van der Waals surface area (Å²) < 4.78 is 15.8. The van der Waals surface area contributed by atoms with Crippen molar-refractivity contribution < 1.29 is 9.18 Å². The normalized spacial score (nSPS) is 15.3. The van der Waals surface area contributed by atoms with E-state index in [-0.39, 0.29) is 17.6 Å². The van der Waals surface area contributed by atoms with Crippen LogP contribution in [0.5, 0.6) is 0 Å². The minimum absolute atomic E-state index is 0.216. The number of nitrogens with zero attached hydrogens (tertiary/aromatic N) is 3. The topological polar surface area (TPSA) is 67.2 Å². The van der Waals surface area contributed by atoms with Crippen LogP contribution in [0.2, 0.25) is 0 Å². The van der Waals surface area contributed by atoms with Gasteiger partial charge in [-0.3, -0.25) is 9.36 Å². The van der Waals surface area contributed by atoms with Gasteiger partial charge in [-0.15, -0.1) is 0 Å². The van der Waals surface area contributed by atoms with Crippen LogP contribution in [0.15, 0.2) is 108 Å². The molecule has 200 valence electrons. The number of carbonyl (C=O) groups is 1. The molecule has 6 rings (SSSR count). The van der Waals surface area contributed by atoms with Gasteiger partial charge in [0, 0.05) is 18.2 Å². The van der Waals surface area contributed by atoms with E-state index in [0.29, 0.717) is 41.8 Å². The Hall–Kier alpha value is -4.78. The fourth-order valence-electron chi connectivity index (χ4n) is 5.64. The summed E-state index contributed by atoms with van der Waals surface area (Å²) in [4.78, 5) is 34.2. The predicted molar refractivity (Wildman–Crippen MR) is 156 cm³/mol. The van der Waals surface area contributed by atoms with Crippen LogP contribution >= 0.6 is 0 Å². The van der Waals surface area contributed by atoms with Gasteiger partial charge in [-0.2, -0.15) is 0 Å². The number of nitrogens with one attached hydrogen (secondary N) is 1. The number of hydrogen-bond acceptors (Lipinski definition) is 3. The van der Waals surface area contributed by atoms with Crippen LogP contribution in [-0.2, 0) is 6.54 Å². The first-order valence-corrected chi connectivity index (χ1v) is 13.5. The van der Waals surface area contributed by atoms with E-state index >= 15 is 0 Å². The largest absolute Gasteiger partial charge is 0.322 e. The van der Waals surface area contributed by atoms with E-state index in [9.17, 15) is 14.0 Å². The maximum atomic E-state index is 14.3. The fraction of sp³-hybridized carbons (Fsp3) is 0.182. The maximum Gasteiger partial charge on any atom is 0.322 e. The number of amides is 2. The van der Waals surface area contributed by atoms with Gasteiger partial charge in [-0.25, -0.2) is 14.2 Å². The van der Waals surface area contributed by atoms with E-state index in [4.69, 9.17) is 4.98 Å². The molecule has 1 N–H and O–H groups in total. The molecule has 5 aromatic rings. The van der Waals surface area contributed by atoms with Crippen LogP contribution in [-0.4, -0.2) is 20.5 Å². The number of rotatable bonds is 5. The molecular weight excluding hydrogens is 503 g/mol. The van der Waals surface area contributed by atoms with Crippen molar-refractivity contribution in [2.45, 2.75) is 38.4 Å². The molecule has 0 aliphatic carbocycles.